The van der Waals surface area contributed by atoms with Crippen LogP contribution in [-0.4, -0.2) is 49.0 Å². The summed E-state index contributed by atoms with van der Waals surface area (Å²) in [5.41, 5.74) is 3.44. The molecular formula is C26H28N4O5. The van der Waals surface area contributed by atoms with Crippen LogP contribution in [0, 0.1) is 6.92 Å². The molecule has 0 amide bonds. The van der Waals surface area contributed by atoms with Crippen LogP contribution < -0.4 is 24.3 Å². The number of fused-ring (bicyclic) bond motifs is 1. The van der Waals surface area contributed by atoms with Gasteiger partial charge in [0.25, 0.3) is 0 Å². The number of ether oxygens (including phenoxy) is 4. The lowest BCUT2D eigenvalue weighted by Gasteiger charge is -2.35. The highest BCUT2D eigenvalue weighted by Crippen LogP contribution is 2.47. The number of ketones is 1. The zero-order chi connectivity index (χ0) is 24.7. The van der Waals surface area contributed by atoms with Crippen molar-refractivity contribution < 1.29 is 23.7 Å². The van der Waals surface area contributed by atoms with Gasteiger partial charge in [-0.1, -0.05) is 12.1 Å². The summed E-state index contributed by atoms with van der Waals surface area (Å²) in [6.45, 7) is 1.83. The Balaban J connectivity index is 1.62. The first-order chi connectivity index (χ1) is 17.0. The zero-order valence-electron chi connectivity index (χ0n) is 20.4. The average Bonchev–Trinajstić information content (AvgIpc) is 3.25. The lowest BCUT2D eigenvalue weighted by Crippen LogP contribution is -2.33. The van der Waals surface area contributed by atoms with Crippen molar-refractivity contribution in [1.29, 1.82) is 0 Å². The van der Waals surface area contributed by atoms with Gasteiger partial charge in [-0.15, -0.1) is 0 Å². The lowest BCUT2D eigenvalue weighted by atomic mass is 9.78. The van der Waals surface area contributed by atoms with E-state index < -0.39 is 6.04 Å². The third-order valence-electron chi connectivity index (χ3n) is 6.62. The Hall–Kier alpha value is -4.01. The molecule has 2 heterocycles. The molecule has 1 aliphatic heterocycles. The number of allylic oxidation sites excluding steroid dienone is 2. The molecule has 2 aliphatic rings. The summed E-state index contributed by atoms with van der Waals surface area (Å²) in [6.07, 6.45) is 1.08. The van der Waals surface area contributed by atoms with Gasteiger partial charge >= 0.3 is 0 Å². The van der Waals surface area contributed by atoms with Gasteiger partial charge in [-0.3, -0.25) is 4.79 Å². The number of benzene rings is 2. The Morgan fingerprint density at radius 1 is 0.914 bits per heavy atom. The van der Waals surface area contributed by atoms with E-state index in [4.69, 9.17) is 18.9 Å². The minimum absolute atomic E-state index is 0.0517. The van der Waals surface area contributed by atoms with Crippen LogP contribution in [0.2, 0.25) is 0 Å². The number of aryl methyl sites for hydroxylation is 1. The highest BCUT2D eigenvalue weighted by atomic mass is 16.5. The SMILES string of the molecule is COc1ccc([C@H]2CC(=O)C3=C(C2)Nc2nc(C)nn2[C@H]3c2cc(OC)c(OC)c(OC)c2)cc1. The highest BCUT2D eigenvalue weighted by molar-refractivity contribution is 6.00. The number of nitrogens with one attached hydrogen (secondary N) is 1. The van der Waals surface area contributed by atoms with Crippen molar-refractivity contribution in [2.45, 2.75) is 31.7 Å². The monoisotopic (exact) mass is 476 g/mol. The number of rotatable bonds is 6. The number of aromatic nitrogens is 3. The smallest absolute Gasteiger partial charge is 0.226 e. The van der Waals surface area contributed by atoms with E-state index in [0.717, 1.165) is 22.6 Å². The lowest BCUT2D eigenvalue weighted by molar-refractivity contribution is -0.116. The molecule has 3 aromatic rings. The van der Waals surface area contributed by atoms with E-state index in [2.05, 4.69) is 15.4 Å². The van der Waals surface area contributed by atoms with E-state index in [1.807, 2.05) is 43.3 Å². The molecule has 0 unspecified atom stereocenters. The van der Waals surface area contributed by atoms with Gasteiger partial charge in [0, 0.05) is 17.7 Å². The van der Waals surface area contributed by atoms with Crippen LogP contribution in [0.5, 0.6) is 23.0 Å². The molecule has 1 aliphatic carbocycles. The van der Waals surface area contributed by atoms with E-state index >= 15 is 0 Å². The molecule has 1 N–H and O–H groups in total. The molecule has 35 heavy (non-hydrogen) atoms. The van der Waals surface area contributed by atoms with Crippen LogP contribution in [0.25, 0.3) is 0 Å². The summed E-state index contributed by atoms with van der Waals surface area (Å²) in [4.78, 5) is 18.3. The maximum atomic E-state index is 13.7. The topological polar surface area (TPSA) is 96.7 Å². The van der Waals surface area contributed by atoms with Crippen LogP contribution in [0.15, 0.2) is 47.7 Å². The number of hydrogen-bond acceptors (Lipinski definition) is 8. The van der Waals surface area contributed by atoms with Crippen LogP contribution in [-0.2, 0) is 4.79 Å². The summed E-state index contributed by atoms with van der Waals surface area (Å²) in [6, 6.07) is 11.2. The van der Waals surface area contributed by atoms with Crippen LogP contribution in [0.1, 0.15) is 41.8 Å². The van der Waals surface area contributed by atoms with Gasteiger partial charge in [0.05, 0.1) is 28.4 Å². The molecule has 0 saturated carbocycles. The molecule has 0 saturated heterocycles. The van der Waals surface area contributed by atoms with Crippen molar-refractivity contribution >= 4 is 11.7 Å². The van der Waals surface area contributed by atoms with E-state index in [1.54, 1.807) is 33.1 Å². The molecule has 2 aromatic carbocycles. The van der Waals surface area contributed by atoms with Crippen molar-refractivity contribution in [2.75, 3.05) is 33.8 Å². The molecular weight excluding hydrogens is 448 g/mol. The second-order valence-corrected chi connectivity index (χ2v) is 8.61. The maximum Gasteiger partial charge on any atom is 0.226 e. The molecule has 0 fully saturated rings. The maximum absolute atomic E-state index is 13.7. The number of methoxy groups -OCH3 is 4. The number of carbonyl (C=O) groups excluding carboxylic acids is 1. The summed E-state index contributed by atoms with van der Waals surface area (Å²) < 4.78 is 23.7. The summed E-state index contributed by atoms with van der Waals surface area (Å²) in [7, 11) is 6.35. The molecule has 5 rings (SSSR count). The van der Waals surface area contributed by atoms with Gasteiger partial charge in [0.2, 0.25) is 11.7 Å². The Morgan fingerprint density at radius 2 is 1.60 bits per heavy atom. The fourth-order valence-corrected chi connectivity index (χ4v) is 5.00. The van der Waals surface area contributed by atoms with Crippen LogP contribution in [0.4, 0.5) is 5.95 Å². The van der Waals surface area contributed by atoms with Crippen molar-refractivity contribution in [3.8, 4) is 23.0 Å². The molecule has 0 bridgehead atoms. The largest absolute Gasteiger partial charge is 0.497 e. The average molecular weight is 477 g/mol. The fourth-order valence-electron chi connectivity index (χ4n) is 5.00. The molecule has 2 atom stereocenters. The Bertz CT molecular complexity index is 1290. The quantitative estimate of drug-likeness (QED) is 0.570. The molecule has 182 valence electrons. The summed E-state index contributed by atoms with van der Waals surface area (Å²) >= 11 is 0. The van der Waals surface area contributed by atoms with Crippen molar-refractivity contribution in [2.24, 2.45) is 0 Å². The van der Waals surface area contributed by atoms with Gasteiger partial charge in [0.15, 0.2) is 17.3 Å². The van der Waals surface area contributed by atoms with Crippen molar-refractivity contribution in [1.82, 2.24) is 14.8 Å². The van der Waals surface area contributed by atoms with E-state index in [9.17, 15) is 4.79 Å². The first-order valence-corrected chi connectivity index (χ1v) is 11.4. The fraction of sp³-hybridized carbons (Fsp3) is 0.346. The van der Waals surface area contributed by atoms with E-state index in [1.165, 1.54) is 0 Å². The summed E-state index contributed by atoms with van der Waals surface area (Å²) in [5, 5.41) is 8.00. The molecule has 1 aromatic heterocycles. The van der Waals surface area contributed by atoms with E-state index in [-0.39, 0.29) is 11.7 Å². The Morgan fingerprint density at radius 3 is 2.20 bits per heavy atom. The van der Waals surface area contributed by atoms with Gasteiger partial charge < -0.3 is 24.3 Å². The predicted octanol–water partition coefficient (Wildman–Crippen LogP) is 4.04. The number of nitrogens with zero attached hydrogens (tertiary/aromatic N) is 3. The third kappa shape index (κ3) is 3.86. The first kappa shape index (κ1) is 22.8. The Kier molecular flexibility index (Phi) is 5.84. The zero-order valence-corrected chi connectivity index (χ0v) is 20.4. The predicted molar refractivity (Wildman–Crippen MR) is 130 cm³/mol. The minimum atomic E-state index is -0.472. The normalized spacial score (nSPS) is 18.9. The van der Waals surface area contributed by atoms with Crippen molar-refractivity contribution in [3.63, 3.8) is 0 Å². The van der Waals surface area contributed by atoms with Gasteiger partial charge in [0.1, 0.15) is 17.6 Å². The number of anilines is 1. The molecule has 0 spiro atoms. The van der Waals surface area contributed by atoms with E-state index in [0.29, 0.717) is 47.4 Å². The van der Waals surface area contributed by atoms with Crippen LogP contribution >= 0.6 is 0 Å². The highest BCUT2D eigenvalue weighted by Gasteiger charge is 2.40. The summed E-state index contributed by atoms with van der Waals surface area (Å²) in [5.74, 6) is 3.64. The third-order valence-corrected chi connectivity index (χ3v) is 6.62. The number of carbonyl (C=O) groups is 1. The van der Waals surface area contributed by atoms with Gasteiger partial charge in [-0.2, -0.15) is 10.1 Å². The van der Waals surface area contributed by atoms with Gasteiger partial charge in [-0.25, -0.2) is 4.68 Å². The second kappa shape index (κ2) is 8.98. The Labute approximate surface area is 203 Å². The first-order valence-electron chi connectivity index (χ1n) is 11.4. The molecule has 0 radical (unpaired) electrons. The van der Waals surface area contributed by atoms with Gasteiger partial charge in [-0.05, 0) is 54.7 Å². The molecule has 9 nitrogen and oxygen atoms in total. The molecule has 9 heteroatoms. The second-order valence-electron chi connectivity index (χ2n) is 8.61. The standard InChI is InChI=1S/C26H28N4O5/c1-14-27-26-28-19-10-16(15-6-8-18(32-2)9-7-15)11-20(31)23(19)24(30(26)29-14)17-12-21(33-3)25(35-5)22(13-17)34-4/h6-9,12-13,16,24H,10-11H2,1-5H3,(H,27,28,29)/t16-,24+/m1/s1. The minimum Gasteiger partial charge on any atom is -0.497 e. The van der Waals surface area contributed by atoms with Crippen LogP contribution in [0.3, 0.4) is 0 Å². The van der Waals surface area contributed by atoms with Crippen molar-refractivity contribution in [3.05, 3.63) is 64.6 Å². The number of Topliss-reactive ketones (excluding diaryl/α,β-unsaturated/α-hetero) is 1. The number of hydrogen-bond donors (Lipinski definition) is 1.